The van der Waals surface area contributed by atoms with Crippen molar-refractivity contribution in [2.75, 3.05) is 0 Å². The van der Waals surface area contributed by atoms with Crippen LogP contribution in [0.5, 0.6) is 0 Å². The van der Waals surface area contributed by atoms with E-state index < -0.39 is 0 Å². The molecule has 0 aliphatic heterocycles. The van der Waals surface area contributed by atoms with E-state index in [1.54, 1.807) is 30.3 Å². The molecule has 0 atom stereocenters. The second kappa shape index (κ2) is 5.62. The maximum Gasteiger partial charge on any atom is 0.196 e. The molecule has 0 aliphatic rings. The summed E-state index contributed by atoms with van der Waals surface area (Å²) in [6.07, 6.45) is 0. The third kappa shape index (κ3) is 2.89. The zero-order valence-electron chi connectivity index (χ0n) is 8.88. The zero-order chi connectivity index (χ0) is 13.3. The van der Waals surface area contributed by atoms with Gasteiger partial charge in [-0.1, -0.05) is 50.7 Å². The van der Waals surface area contributed by atoms with E-state index in [0.717, 1.165) is 4.47 Å². The molecule has 2 aromatic carbocycles. The highest BCUT2D eigenvalue weighted by atomic mass is 79.9. The highest BCUT2D eigenvalue weighted by Gasteiger charge is 2.16. The number of rotatable bonds is 2. The first kappa shape index (κ1) is 13.9. The molecule has 0 aromatic heterocycles. The van der Waals surface area contributed by atoms with Crippen LogP contribution in [-0.2, 0) is 0 Å². The summed E-state index contributed by atoms with van der Waals surface area (Å²) in [7, 11) is 0. The Morgan fingerprint density at radius 2 is 1.44 bits per heavy atom. The van der Waals surface area contributed by atoms with Crippen molar-refractivity contribution in [2.45, 2.75) is 0 Å². The molecular weight excluding hydrogens is 358 g/mol. The molecule has 0 unspecified atom stereocenters. The first-order valence-corrected chi connectivity index (χ1v) is 6.86. The largest absolute Gasteiger partial charge is 0.288 e. The zero-order valence-corrected chi connectivity index (χ0v) is 12.7. The van der Waals surface area contributed by atoms with Crippen molar-refractivity contribution in [3.8, 4) is 0 Å². The van der Waals surface area contributed by atoms with E-state index in [0.29, 0.717) is 26.2 Å². The Labute approximate surface area is 128 Å². The Bertz CT molecular complexity index is 572. The van der Waals surface area contributed by atoms with Crippen molar-refractivity contribution in [2.24, 2.45) is 0 Å². The van der Waals surface area contributed by atoms with Crippen molar-refractivity contribution >= 4 is 56.5 Å². The second-order valence-corrected chi connectivity index (χ2v) is 5.74. The Morgan fingerprint density at radius 1 is 0.889 bits per heavy atom. The first-order valence-electron chi connectivity index (χ1n) is 4.94. The molecule has 0 fully saturated rings. The van der Waals surface area contributed by atoms with Crippen molar-refractivity contribution in [1.29, 1.82) is 0 Å². The quantitative estimate of drug-likeness (QED) is 0.630. The SMILES string of the molecule is O=C(c1ccc(Cl)cc1Cl)c1ccc(Br)cc1Cl. The molecule has 5 heteroatoms. The average molecular weight is 364 g/mol. The summed E-state index contributed by atoms with van der Waals surface area (Å²) < 4.78 is 0.811. The predicted molar refractivity (Wildman–Crippen MR) is 79.0 cm³/mol. The van der Waals surface area contributed by atoms with Crippen LogP contribution in [0.1, 0.15) is 15.9 Å². The smallest absolute Gasteiger partial charge is 0.196 e. The van der Waals surface area contributed by atoms with E-state index in [2.05, 4.69) is 15.9 Å². The van der Waals surface area contributed by atoms with E-state index in [-0.39, 0.29) is 5.78 Å². The van der Waals surface area contributed by atoms with Crippen LogP contribution in [0.2, 0.25) is 15.1 Å². The summed E-state index contributed by atoms with van der Waals surface area (Å²) in [5.41, 5.74) is 0.786. The van der Waals surface area contributed by atoms with Gasteiger partial charge in [0.1, 0.15) is 0 Å². The van der Waals surface area contributed by atoms with Crippen LogP contribution < -0.4 is 0 Å². The molecule has 0 aliphatic carbocycles. The van der Waals surface area contributed by atoms with Crippen LogP contribution in [0, 0.1) is 0 Å². The monoisotopic (exact) mass is 362 g/mol. The summed E-state index contributed by atoms with van der Waals surface area (Å²) >= 11 is 21.1. The van der Waals surface area contributed by atoms with Crippen LogP contribution in [-0.4, -0.2) is 5.78 Å². The standard InChI is InChI=1S/C13H6BrCl3O/c14-7-1-3-9(11(16)5-7)13(18)10-4-2-8(15)6-12(10)17/h1-6H. The topological polar surface area (TPSA) is 17.1 Å². The molecule has 18 heavy (non-hydrogen) atoms. The van der Waals surface area contributed by atoms with Gasteiger partial charge in [-0.2, -0.15) is 0 Å². The summed E-state index contributed by atoms with van der Waals surface area (Å²) in [6.45, 7) is 0. The first-order chi connectivity index (χ1) is 8.49. The van der Waals surface area contributed by atoms with Crippen LogP contribution in [0.4, 0.5) is 0 Å². The lowest BCUT2D eigenvalue weighted by Crippen LogP contribution is -2.03. The highest BCUT2D eigenvalue weighted by Crippen LogP contribution is 2.27. The van der Waals surface area contributed by atoms with Crippen molar-refractivity contribution in [1.82, 2.24) is 0 Å². The predicted octanol–water partition coefficient (Wildman–Crippen LogP) is 5.64. The molecule has 0 amide bonds. The van der Waals surface area contributed by atoms with Gasteiger partial charge in [-0.15, -0.1) is 0 Å². The Balaban J connectivity index is 2.48. The second-order valence-electron chi connectivity index (χ2n) is 3.58. The van der Waals surface area contributed by atoms with Gasteiger partial charge in [0.2, 0.25) is 0 Å². The maximum atomic E-state index is 12.3. The van der Waals surface area contributed by atoms with Crippen molar-refractivity contribution < 1.29 is 4.79 Å². The minimum Gasteiger partial charge on any atom is -0.288 e. The van der Waals surface area contributed by atoms with Crippen LogP contribution in [0.3, 0.4) is 0 Å². The molecular formula is C13H6BrCl3O. The third-order valence-corrected chi connectivity index (χ3v) is 3.71. The summed E-state index contributed by atoms with van der Waals surface area (Å²) in [4.78, 5) is 12.3. The molecule has 92 valence electrons. The van der Waals surface area contributed by atoms with E-state index >= 15 is 0 Å². The molecule has 1 nitrogen and oxygen atoms in total. The lowest BCUT2D eigenvalue weighted by molar-refractivity contribution is 0.103. The highest BCUT2D eigenvalue weighted by molar-refractivity contribution is 9.10. The lowest BCUT2D eigenvalue weighted by Gasteiger charge is -2.06. The van der Waals surface area contributed by atoms with Gasteiger partial charge in [0.15, 0.2) is 5.78 Å². The Morgan fingerprint density at radius 3 is 2.00 bits per heavy atom. The fraction of sp³-hybridized carbons (Fsp3) is 0. The van der Waals surface area contributed by atoms with Gasteiger partial charge in [0, 0.05) is 20.6 Å². The Kier molecular flexibility index (Phi) is 4.33. The third-order valence-electron chi connectivity index (χ3n) is 2.35. The molecule has 2 aromatic rings. The number of hydrogen-bond acceptors (Lipinski definition) is 1. The summed E-state index contributed by atoms with van der Waals surface area (Å²) in [5, 5.41) is 1.17. The lowest BCUT2D eigenvalue weighted by atomic mass is 10.0. The van der Waals surface area contributed by atoms with Gasteiger partial charge in [-0.3, -0.25) is 4.79 Å². The minimum atomic E-state index is -0.228. The fourth-order valence-corrected chi connectivity index (χ4v) is 2.75. The number of halogens is 4. The molecule has 0 spiro atoms. The van der Waals surface area contributed by atoms with Gasteiger partial charge in [0.05, 0.1) is 10.0 Å². The summed E-state index contributed by atoms with van der Waals surface area (Å²) in [6, 6.07) is 9.81. The van der Waals surface area contributed by atoms with Gasteiger partial charge in [-0.05, 0) is 36.4 Å². The van der Waals surface area contributed by atoms with Crippen LogP contribution in [0.15, 0.2) is 40.9 Å². The van der Waals surface area contributed by atoms with E-state index in [4.69, 9.17) is 34.8 Å². The molecule has 2 rings (SSSR count). The van der Waals surface area contributed by atoms with E-state index in [1.165, 1.54) is 6.07 Å². The van der Waals surface area contributed by atoms with Gasteiger partial charge < -0.3 is 0 Å². The van der Waals surface area contributed by atoms with Crippen molar-refractivity contribution in [3.63, 3.8) is 0 Å². The summed E-state index contributed by atoms with van der Waals surface area (Å²) in [5.74, 6) is -0.228. The average Bonchev–Trinajstić information content (AvgIpc) is 2.28. The Hall–Kier alpha value is -0.540. The number of carbonyl (C=O) groups excluding carboxylic acids is 1. The number of carbonyl (C=O) groups is 1. The maximum absolute atomic E-state index is 12.3. The van der Waals surface area contributed by atoms with E-state index in [9.17, 15) is 4.79 Å². The number of benzene rings is 2. The van der Waals surface area contributed by atoms with Gasteiger partial charge >= 0.3 is 0 Å². The van der Waals surface area contributed by atoms with Gasteiger partial charge in [0.25, 0.3) is 0 Å². The minimum absolute atomic E-state index is 0.228. The molecule has 0 bridgehead atoms. The molecule has 0 N–H and O–H groups in total. The van der Waals surface area contributed by atoms with E-state index in [1.807, 2.05) is 0 Å². The molecule has 0 saturated heterocycles. The molecule has 0 heterocycles. The molecule has 0 radical (unpaired) electrons. The van der Waals surface area contributed by atoms with Crippen molar-refractivity contribution in [3.05, 3.63) is 67.1 Å². The number of ketones is 1. The number of hydrogen-bond donors (Lipinski definition) is 0. The normalized spacial score (nSPS) is 10.4. The van der Waals surface area contributed by atoms with Crippen LogP contribution >= 0.6 is 50.7 Å². The molecule has 0 saturated carbocycles. The van der Waals surface area contributed by atoms with Gasteiger partial charge in [-0.25, -0.2) is 0 Å². The fourth-order valence-electron chi connectivity index (χ4n) is 1.49. The van der Waals surface area contributed by atoms with Crippen LogP contribution in [0.25, 0.3) is 0 Å².